The number of hydrogen-bond acceptors (Lipinski definition) is 5. The lowest BCUT2D eigenvalue weighted by Gasteiger charge is -2.27. The van der Waals surface area contributed by atoms with Gasteiger partial charge in [0.25, 0.3) is 0 Å². The van der Waals surface area contributed by atoms with Crippen LogP contribution in [-0.2, 0) is 4.74 Å². The molecule has 2 heterocycles. The Labute approximate surface area is 130 Å². The molecule has 118 valence electrons. The van der Waals surface area contributed by atoms with Gasteiger partial charge in [-0.15, -0.1) is 0 Å². The average molecular weight is 301 g/mol. The predicted octanol–water partition coefficient (Wildman–Crippen LogP) is 2.73. The number of anilines is 1. The van der Waals surface area contributed by atoms with E-state index in [0.717, 1.165) is 12.1 Å². The van der Waals surface area contributed by atoms with Crippen LogP contribution in [0.15, 0.2) is 24.3 Å². The second-order valence-corrected chi connectivity index (χ2v) is 7.12. The third kappa shape index (κ3) is 2.83. The predicted molar refractivity (Wildman–Crippen MR) is 85.2 cm³/mol. The van der Waals surface area contributed by atoms with Crippen molar-refractivity contribution < 1.29 is 4.74 Å². The summed E-state index contributed by atoms with van der Waals surface area (Å²) >= 11 is 0. The fourth-order valence-electron chi connectivity index (χ4n) is 3.08. The maximum absolute atomic E-state index is 6.12. The highest BCUT2D eigenvalue weighted by Crippen LogP contribution is 2.38. The minimum atomic E-state index is -0.270. The zero-order valence-electron chi connectivity index (χ0n) is 13.8. The van der Waals surface area contributed by atoms with Crippen LogP contribution in [0.3, 0.4) is 0 Å². The summed E-state index contributed by atoms with van der Waals surface area (Å²) in [6.45, 7) is 10.5. The van der Waals surface area contributed by atoms with Crippen LogP contribution in [0, 0.1) is 6.92 Å². The zero-order valence-corrected chi connectivity index (χ0v) is 13.8. The van der Waals surface area contributed by atoms with Crippen molar-refractivity contribution in [3.8, 4) is 5.69 Å². The molecule has 1 N–H and O–H groups in total. The van der Waals surface area contributed by atoms with Crippen LogP contribution >= 0.6 is 0 Å². The van der Waals surface area contributed by atoms with Crippen LogP contribution in [0.1, 0.15) is 39.7 Å². The fourth-order valence-corrected chi connectivity index (χ4v) is 3.08. The van der Waals surface area contributed by atoms with Crippen molar-refractivity contribution >= 4 is 5.95 Å². The molecule has 1 fully saturated rings. The van der Waals surface area contributed by atoms with Crippen molar-refractivity contribution in [2.45, 2.75) is 58.3 Å². The van der Waals surface area contributed by atoms with E-state index in [-0.39, 0.29) is 17.2 Å². The van der Waals surface area contributed by atoms with E-state index in [0.29, 0.717) is 5.95 Å². The van der Waals surface area contributed by atoms with E-state index < -0.39 is 0 Å². The fraction of sp³-hybridized carbons (Fsp3) is 0.562. The van der Waals surface area contributed by atoms with Gasteiger partial charge in [-0.05, 0) is 63.6 Å². The molecule has 1 aliphatic rings. The summed E-state index contributed by atoms with van der Waals surface area (Å²) < 4.78 is 7.84. The largest absolute Gasteiger partial charge is 0.367 e. The minimum absolute atomic E-state index is 0.149. The molecule has 0 aliphatic carbocycles. The van der Waals surface area contributed by atoms with Crippen molar-refractivity contribution in [3.05, 3.63) is 29.8 Å². The normalized spacial score (nSPS) is 22.7. The van der Waals surface area contributed by atoms with Gasteiger partial charge in [0.05, 0.1) is 22.9 Å². The number of nitrogens with one attached hydrogen (secondary N) is 1. The van der Waals surface area contributed by atoms with Crippen LogP contribution in [0.2, 0.25) is 0 Å². The molecule has 1 unspecified atom stereocenters. The highest BCUT2D eigenvalue weighted by molar-refractivity contribution is 5.41. The highest BCUT2D eigenvalue weighted by Gasteiger charge is 2.46. The van der Waals surface area contributed by atoms with E-state index in [4.69, 9.17) is 4.74 Å². The van der Waals surface area contributed by atoms with Gasteiger partial charge < -0.3 is 10.1 Å². The summed E-state index contributed by atoms with van der Waals surface area (Å²) in [6.07, 6.45) is 0.904. The summed E-state index contributed by atoms with van der Waals surface area (Å²) in [5, 5.41) is 15.5. The van der Waals surface area contributed by atoms with Gasteiger partial charge in [-0.1, -0.05) is 22.8 Å². The van der Waals surface area contributed by atoms with Crippen LogP contribution in [0.5, 0.6) is 0 Å². The molecule has 1 aromatic heterocycles. The number of tetrazole rings is 1. The van der Waals surface area contributed by atoms with E-state index in [9.17, 15) is 0 Å². The van der Waals surface area contributed by atoms with Crippen molar-refractivity contribution in [2.75, 3.05) is 5.32 Å². The third-order valence-electron chi connectivity index (χ3n) is 4.13. The van der Waals surface area contributed by atoms with E-state index in [1.54, 1.807) is 4.68 Å². The summed E-state index contributed by atoms with van der Waals surface area (Å²) in [4.78, 5) is 0. The molecule has 6 heteroatoms. The Morgan fingerprint density at radius 1 is 1.18 bits per heavy atom. The Hall–Kier alpha value is -1.95. The highest BCUT2D eigenvalue weighted by atomic mass is 16.5. The molecule has 1 aliphatic heterocycles. The van der Waals surface area contributed by atoms with Gasteiger partial charge >= 0.3 is 0 Å². The standard InChI is InChI=1S/C16H23N5O/c1-11-6-8-12(9-7-11)21-14(18-19-20-21)17-13-10-15(2,3)22-16(13,4)5/h6-9,13H,10H2,1-5H3,(H,17,18,20). The molecule has 6 nitrogen and oxygen atoms in total. The lowest BCUT2D eigenvalue weighted by Crippen LogP contribution is -2.38. The molecular formula is C16H23N5O. The number of ether oxygens (including phenoxy) is 1. The molecule has 1 saturated heterocycles. The number of aromatic nitrogens is 4. The molecule has 0 bridgehead atoms. The van der Waals surface area contributed by atoms with Crippen LogP contribution in [0.4, 0.5) is 5.95 Å². The molecule has 0 radical (unpaired) electrons. The second-order valence-electron chi connectivity index (χ2n) is 7.12. The first-order valence-electron chi connectivity index (χ1n) is 7.59. The summed E-state index contributed by atoms with van der Waals surface area (Å²) in [7, 11) is 0. The monoisotopic (exact) mass is 301 g/mol. The molecule has 2 aromatic rings. The third-order valence-corrected chi connectivity index (χ3v) is 4.13. The van der Waals surface area contributed by atoms with Gasteiger partial charge in [0.1, 0.15) is 0 Å². The second kappa shape index (κ2) is 5.05. The van der Waals surface area contributed by atoms with E-state index >= 15 is 0 Å². The number of aryl methyl sites for hydroxylation is 1. The Bertz CT molecular complexity index is 659. The molecule has 1 aromatic carbocycles. The molecule has 0 saturated carbocycles. The molecule has 1 atom stereocenters. The van der Waals surface area contributed by atoms with Gasteiger partial charge in [-0.25, -0.2) is 0 Å². The average Bonchev–Trinajstić information content (AvgIpc) is 2.93. The summed E-state index contributed by atoms with van der Waals surface area (Å²) in [6, 6.07) is 8.27. The van der Waals surface area contributed by atoms with Gasteiger partial charge in [-0.2, -0.15) is 4.68 Å². The van der Waals surface area contributed by atoms with Gasteiger partial charge in [0.2, 0.25) is 5.95 Å². The Balaban J connectivity index is 1.86. The first kappa shape index (κ1) is 15.0. The summed E-state index contributed by atoms with van der Waals surface area (Å²) in [5.41, 5.74) is 1.73. The Morgan fingerprint density at radius 3 is 2.45 bits per heavy atom. The quantitative estimate of drug-likeness (QED) is 0.944. The molecular weight excluding hydrogens is 278 g/mol. The Morgan fingerprint density at radius 2 is 1.86 bits per heavy atom. The Kier molecular flexibility index (Phi) is 3.44. The SMILES string of the molecule is Cc1ccc(-n2nnnc2NC2CC(C)(C)OC2(C)C)cc1. The van der Waals surface area contributed by atoms with E-state index in [1.165, 1.54) is 5.56 Å². The van der Waals surface area contributed by atoms with Gasteiger partial charge in [0.15, 0.2) is 0 Å². The van der Waals surface area contributed by atoms with Crippen LogP contribution in [0.25, 0.3) is 5.69 Å². The number of nitrogens with zero attached hydrogens (tertiary/aromatic N) is 4. The number of benzene rings is 1. The lowest BCUT2D eigenvalue weighted by atomic mass is 9.95. The number of rotatable bonds is 3. The molecule has 0 amide bonds. The van der Waals surface area contributed by atoms with Crippen molar-refractivity contribution in [1.29, 1.82) is 0 Å². The number of hydrogen-bond donors (Lipinski definition) is 1. The van der Waals surface area contributed by atoms with Crippen molar-refractivity contribution in [2.24, 2.45) is 0 Å². The lowest BCUT2D eigenvalue weighted by molar-refractivity contribution is -0.0663. The van der Waals surface area contributed by atoms with Crippen molar-refractivity contribution in [1.82, 2.24) is 20.2 Å². The van der Waals surface area contributed by atoms with Crippen LogP contribution < -0.4 is 5.32 Å². The smallest absolute Gasteiger partial charge is 0.248 e. The first-order valence-corrected chi connectivity index (χ1v) is 7.59. The zero-order chi connectivity index (χ0) is 16.0. The van der Waals surface area contributed by atoms with E-state index in [1.807, 2.05) is 24.3 Å². The minimum Gasteiger partial charge on any atom is -0.367 e. The first-order chi connectivity index (χ1) is 10.3. The molecule has 22 heavy (non-hydrogen) atoms. The van der Waals surface area contributed by atoms with Crippen LogP contribution in [-0.4, -0.2) is 37.5 Å². The summed E-state index contributed by atoms with van der Waals surface area (Å²) in [5.74, 6) is 0.642. The topological polar surface area (TPSA) is 64.9 Å². The van der Waals surface area contributed by atoms with Crippen molar-refractivity contribution in [3.63, 3.8) is 0 Å². The maximum atomic E-state index is 6.12. The maximum Gasteiger partial charge on any atom is 0.248 e. The molecule has 3 rings (SSSR count). The molecule has 0 spiro atoms. The van der Waals surface area contributed by atoms with Gasteiger partial charge in [0, 0.05) is 0 Å². The van der Waals surface area contributed by atoms with E-state index in [2.05, 4.69) is 55.5 Å². The van der Waals surface area contributed by atoms with Gasteiger partial charge in [-0.3, -0.25) is 0 Å².